The van der Waals surface area contributed by atoms with Crippen LogP contribution in [0.1, 0.15) is 16.7 Å². The van der Waals surface area contributed by atoms with Gasteiger partial charge in [0.2, 0.25) is 0 Å². The normalized spacial score (nSPS) is 9.93. The van der Waals surface area contributed by atoms with Gasteiger partial charge in [0.15, 0.2) is 17.5 Å². The van der Waals surface area contributed by atoms with E-state index in [4.69, 9.17) is 0 Å². The second kappa shape index (κ2) is 7.92. The first-order valence-corrected chi connectivity index (χ1v) is 8.06. The number of hydrogen-bond acceptors (Lipinski definition) is 4. The zero-order valence-electron chi connectivity index (χ0n) is 13.9. The Morgan fingerprint density at radius 2 is 1.48 bits per heavy atom. The lowest BCUT2D eigenvalue weighted by molar-refractivity contribution is 0.587. The van der Waals surface area contributed by atoms with Crippen molar-refractivity contribution in [1.82, 2.24) is 9.97 Å². The number of halogens is 3. The van der Waals surface area contributed by atoms with Gasteiger partial charge in [0.05, 0.1) is 10.7 Å². The van der Waals surface area contributed by atoms with Gasteiger partial charge < -0.3 is 0 Å². The first kappa shape index (κ1) is 18.5. The van der Waals surface area contributed by atoms with Crippen molar-refractivity contribution < 1.29 is 13.2 Å². The van der Waals surface area contributed by atoms with Gasteiger partial charge in [-0.2, -0.15) is 4.99 Å². The second-order valence-corrected chi connectivity index (χ2v) is 5.70. The van der Waals surface area contributed by atoms with Crippen molar-refractivity contribution in [2.45, 2.75) is 6.92 Å². The zero-order valence-corrected chi connectivity index (χ0v) is 14.7. The minimum atomic E-state index is -0.908. The summed E-state index contributed by atoms with van der Waals surface area (Å²) in [5, 5.41) is 1.91. The highest BCUT2D eigenvalue weighted by Gasteiger charge is 2.10. The average molecular weight is 381 g/mol. The molecule has 27 heavy (non-hydrogen) atoms. The van der Waals surface area contributed by atoms with Crippen molar-refractivity contribution >= 4 is 23.1 Å². The van der Waals surface area contributed by atoms with Crippen molar-refractivity contribution in [3.8, 4) is 23.2 Å². The van der Waals surface area contributed by atoms with E-state index >= 15 is 0 Å². The fourth-order valence-electron chi connectivity index (χ4n) is 2.24. The van der Waals surface area contributed by atoms with Crippen LogP contribution >= 0.6 is 12.2 Å². The Kier molecular flexibility index (Phi) is 5.41. The van der Waals surface area contributed by atoms with Gasteiger partial charge in [-0.05, 0) is 55.0 Å². The van der Waals surface area contributed by atoms with Gasteiger partial charge in [0, 0.05) is 23.5 Å². The van der Waals surface area contributed by atoms with E-state index in [1.165, 1.54) is 12.1 Å². The van der Waals surface area contributed by atoms with Crippen LogP contribution < -0.4 is 0 Å². The minimum Gasteiger partial charge on any atom is -0.236 e. The Labute approximate surface area is 158 Å². The largest absolute Gasteiger partial charge is 0.236 e. The Morgan fingerprint density at radius 3 is 2.07 bits per heavy atom. The maximum atomic E-state index is 14.3. The van der Waals surface area contributed by atoms with E-state index < -0.39 is 23.1 Å². The van der Waals surface area contributed by atoms with Gasteiger partial charge >= 0.3 is 0 Å². The molecule has 0 bridgehead atoms. The maximum Gasteiger partial charge on any atom is 0.162 e. The lowest BCUT2D eigenvalue weighted by Gasteiger charge is -2.02. The topological polar surface area (TPSA) is 38.1 Å². The maximum absolute atomic E-state index is 14.3. The number of aromatic nitrogens is 2. The summed E-state index contributed by atoms with van der Waals surface area (Å²) in [5.41, 5.74) is 0.998. The predicted molar refractivity (Wildman–Crippen MR) is 99.2 cm³/mol. The monoisotopic (exact) mass is 381 g/mol. The molecule has 0 saturated carbocycles. The van der Waals surface area contributed by atoms with Gasteiger partial charge in [-0.3, -0.25) is 0 Å². The molecule has 0 spiro atoms. The molecule has 0 aliphatic carbocycles. The summed E-state index contributed by atoms with van der Waals surface area (Å²) in [4.78, 5) is 11.5. The summed E-state index contributed by atoms with van der Waals surface area (Å²) in [6.07, 6.45) is 3.19. The Morgan fingerprint density at radius 1 is 0.889 bits per heavy atom. The highest BCUT2D eigenvalue weighted by Crippen LogP contribution is 2.23. The smallest absolute Gasteiger partial charge is 0.162 e. The van der Waals surface area contributed by atoms with Gasteiger partial charge in [-0.1, -0.05) is 11.8 Å². The molecule has 1 aromatic heterocycles. The summed E-state index contributed by atoms with van der Waals surface area (Å²) in [5.74, 6) is 3.15. The molecule has 3 aromatic rings. The van der Waals surface area contributed by atoms with E-state index in [0.29, 0.717) is 5.56 Å². The number of rotatable bonds is 2. The van der Waals surface area contributed by atoms with Gasteiger partial charge in [0.25, 0.3) is 0 Å². The summed E-state index contributed by atoms with van der Waals surface area (Å²) in [6, 6.07) is 6.33. The molecule has 0 saturated heterocycles. The lowest BCUT2D eigenvalue weighted by atomic mass is 10.1. The molecule has 0 radical (unpaired) electrons. The molecule has 0 N–H and O–H groups in total. The molecular formula is C20H10F3N3S. The van der Waals surface area contributed by atoms with Gasteiger partial charge in [-0.25, -0.2) is 23.1 Å². The number of benzene rings is 2. The Balaban J connectivity index is 1.91. The quantitative estimate of drug-likeness (QED) is 0.356. The molecule has 3 nitrogen and oxygen atoms in total. The molecule has 0 unspecified atom stereocenters. The molecular weight excluding hydrogens is 371 g/mol. The molecule has 1 heterocycles. The van der Waals surface area contributed by atoms with Crippen LogP contribution in [0.25, 0.3) is 11.4 Å². The van der Waals surface area contributed by atoms with E-state index in [2.05, 4.69) is 39.0 Å². The SMILES string of the molecule is Cc1cnc(-c2ccc(C#Cc3cc(F)c(N=C=S)c(F)c3)cc2F)nc1. The molecule has 0 aliphatic heterocycles. The highest BCUT2D eigenvalue weighted by atomic mass is 32.1. The third kappa shape index (κ3) is 4.26. The Bertz CT molecular complexity index is 1100. The molecule has 132 valence electrons. The fraction of sp³-hybridized carbons (Fsp3) is 0.0500. The van der Waals surface area contributed by atoms with Crippen LogP contribution in [0.4, 0.5) is 18.9 Å². The minimum absolute atomic E-state index is 0.0830. The number of thiocarbonyl (C=S) groups is 1. The number of aliphatic imine (C=N–C) groups is 1. The second-order valence-electron chi connectivity index (χ2n) is 5.52. The van der Waals surface area contributed by atoms with Crippen molar-refractivity contribution in [2.24, 2.45) is 4.99 Å². The number of hydrogen-bond donors (Lipinski definition) is 0. The van der Waals surface area contributed by atoms with Gasteiger partial charge in [0.1, 0.15) is 11.5 Å². The van der Waals surface area contributed by atoms with Crippen LogP contribution in [0.3, 0.4) is 0 Å². The lowest BCUT2D eigenvalue weighted by Crippen LogP contribution is -1.93. The number of isothiocyanates is 1. The van der Waals surface area contributed by atoms with Crippen LogP contribution in [0.5, 0.6) is 0 Å². The zero-order chi connectivity index (χ0) is 19.4. The van der Waals surface area contributed by atoms with Crippen molar-refractivity contribution in [3.63, 3.8) is 0 Å². The fourth-order valence-corrected chi connectivity index (χ4v) is 2.33. The average Bonchev–Trinajstić information content (AvgIpc) is 2.64. The molecule has 0 atom stereocenters. The van der Waals surface area contributed by atoms with Crippen LogP contribution in [-0.4, -0.2) is 15.1 Å². The first-order valence-electron chi connectivity index (χ1n) is 7.65. The number of aryl methyl sites for hydroxylation is 1. The van der Waals surface area contributed by atoms with Crippen molar-refractivity contribution in [1.29, 1.82) is 0 Å². The van der Waals surface area contributed by atoms with Crippen LogP contribution in [0.15, 0.2) is 47.7 Å². The van der Waals surface area contributed by atoms with E-state index in [-0.39, 0.29) is 17.0 Å². The van der Waals surface area contributed by atoms with Crippen LogP contribution in [-0.2, 0) is 0 Å². The molecule has 7 heteroatoms. The van der Waals surface area contributed by atoms with Gasteiger partial charge in [-0.15, -0.1) is 0 Å². The standard InChI is InChI=1S/C20H10F3N3S/c1-12-9-24-20(25-10-12)15-5-4-13(6-16(15)21)2-3-14-7-17(22)19(26-11-27)18(23)8-14/h4-10H,1H3. The highest BCUT2D eigenvalue weighted by molar-refractivity contribution is 7.78. The van der Waals surface area contributed by atoms with Crippen molar-refractivity contribution in [3.05, 3.63) is 76.9 Å². The summed E-state index contributed by atoms with van der Waals surface area (Å²) in [7, 11) is 0. The molecule has 0 aliphatic rings. The van der Waals surface area contributed by atoms with Crippen LogP contribution in [0.2, 0.25) is 0 Å². The van der Waals surface area contributed by atoms with Crippen molar-refractivity contribution in [2.75, 3.05) is 0 Å². The van der Waals surface area contributed by atoms with E-state index in [1.54, 1.807) is 18.5 Å². The summed E-state index contributed by atoms with van der Waals surface area (Å²) >= 11 is 4.34. The third-order valence-corrected chi connectivity index (χ3v) is 3.61. The van der Waals surface area contributed by atoms with Crippen LogP contribution in [0, 0.1) is 36.2 Å². The summed E-state index contributed by atoms with van der Waals surface area (Å²) < 4.78 is 41.9. The first-order chi connectivity index (χ1) is 13.0. The van der Waals surface area contributed by atoms with E-state index in [9.17, 15) is 13.2 Å². The van der Waals surface area contributed by atoms with E-state index in [0.717, 1.165) is 17.7 Å². The third-order valence-electron chi connectivity index (χ3n) is 3.52. The Hall–Kier alpha value is -3.33. The molecule has 0 fully saturated rings. The summed E-state index contributed by atoms with van der Waals surface area (Å²) in [6.45, 7) is 1.83. The molecule has 2 aromatic carbocycles. The van der Waals surface area contributed by atoms with E-state index in [1.807, 2.05) is 12.1 Å². The molecule has 0 amide bonds. The predicted octanol–water partition coefficient (Wildman–Crippen LogP) is 5.00. The molecule has 3 rings (SSSR count). The number of nitrogens with zero attached hydrogens (tertiary/aromatic N) is 3.